The predicted octanol–water partition coefficient (Wildman–Crippen LogP) is 2.13. The summed E-state index contributed by atoms with van der Waals surface area (Å²) in [6.45, 7) is 0.941. The third-order valence-electron chi connectivity index (χ3n) is 1.84. The van der Waals surface area contributed by atoms with E-state index in [0.29, 0.717) is 0 Å². The largest absolute Gasteiger partial charge is 0.371 e. The van der Waals surface area contributed by atoms with Crippen LogP contribution in [0.3, 0.4) is 0 Å². The van der Waals surface area contributed by atoms with Gasteiger partial charge in [-0.05, 0) is 19.3 Å². The molecule has 0 aromatic rings. The second kappa shape index (κ2) is 2.14. The molecule has 0 aromatic heterocycles. The van der Waals surface area contributed by atoms with Gasteiger partial charge in [-0.1, -0.05) is 19.6 Å². The van der Waals surface area contributed by atoms with Gasteiger partial charge in [-0.3, -0.25) is 0 Å². The van der Waals surface area contributed by atoms with E-state index in [2.05, 4.69) is 12.2 Å². The SMILES string of the molecule is C.C1=CC2(CC2)OCC1. The molecule has 1 spiro atoms. The Kier molecular flexibility index (Phi) is 1.62. The Morgan fingerprint density at radius 3 is 2.44 bits per heavy atom. The van der Waals surface area contributed by atoms with E-state index in [0.717, 1.165) is 13.0 Å². The lowest BCUT2D eigenvalue weighted by Gasteiger charge is -2.14. The normalized spacial score (nSPS) is 27.6. The van der Waals surface area contributed by atoms with Gasteiger partial charge >= 0.3 is 0 Å². The average Bonchev–Trinajstić information content (AvgIpc) is 2.52. The van der Waals surface area contributed by atoms with E-state index in [9.17, 15) is 0 Å². The summed E-state index contributed by atoms with van der Waals surface area (Å²) in [6, 6.07) is 0. The maximum atomic E-state index is 5.49. The molecule has 1 nitrogen and oxygen atoms in total. The van der Waals surface area contributed by atoms with Gasteiger partial charge in [0.2, 0.25) is 0 Å². The van der Waals surface area contributed by atoms with Crippen LogP contribution in [-0.2, 0) is 4.74 Å². The fourth-order valence-electron chi connectivity index (χ4n) is 1.11. The van der Waals surface area contributed by atoms with E-state index >= 15 is 0 Å². The molecule has 0 atom stereocenters. The molecular weight excluding hydrogens is 112 g/mol. The van der Waals surface area contributed by atoms with Crippen molar-refractivity contribution in [1.82, 2.24) is 0 Å². The van der Waals surface area contributed by atoms with Crippen molar-refractivity contribution in [1.29, 1.82) is 0 Å². The highest BCUT2D eigenvalue weighted by molar-refractivity contribution is 5.14. The van der Waals surface area contributed by atoms with Crippen LogP contribution in [0.2, 0.25) is 0 Å². The number of rotatable bonds is 0. The maximum absolute atomic E-state index is 5.49. The zero-order valence-electron chi connectivity index (χ0n) is 4.89. The van der Waals surface area contributed by atoms with Gasteiger partial charge in [0.1, 0.15) is 0 Å². The summed E-state index contributed by atoms with van der Waals surface area (Å²) in [6.07, 6.45) is 8.07. The van der Waals surface area contributed by atoms with E-state index in [1.807, 2.05) is 0 Å². The van der Waals surface area contributed by atoms with Crippen molar-refractivity contribution in [3.8, 4) is 0 Å². The maximum Gasteiger partial charge on any atom is 0.0865 e. The highest BCUT2D eigenvalue weighted by Gasteiger charge is 2.42. The molecular formula is C8H14O. The van der Waals surface area contributed by atoms with Crippen molar-refractivity contribution < 1.29 is 4.74 Å². The molecule has 0 aromatic carbocycles. The van der Waals surface area contributed by atoms with Crippen LogP contribution in [-0.4, -0.2) is 12.2 Å². The van der Waals surface area contributed by atoms with Crippen LogP contribution in [0, 0.1) is 0 Å². The van der Waals surface area contributed by atoms with Crippen LogP contribution >= 0.6 is 0 Å². The average molecular weight is 126 g/mol. The molecule has 0 bridgehead atoms. The molecule has 1 saturated carbocycles. The predicted molar refractivity (Wildman–Crippen MR) is 38.4 cm³/mol. The lowest BCUT2D eigenvalue weighted by molar-refractivity contribution is 0.0616. The number of hydrogen-bond donors (Lipinski definition) is 0. The van der Waals surface area contributed by atoms with E-state index in [1.165, 1.54) is 12.8 Å². The Hall–Kier alpha value is -0.300. The van der Waals surface area contributed by atoms with Crippen LogP contribution < -0.4 is 0 Å². The van der Waals surface area contributed by atoms with Crippen LogP contribution in [0.1, 0.15) is 26.7 Å². The van der Waals surface area contributed by atoms with Gasteiger partial charge in [-0.2, -0.15) is 0 Å². The first-order valence-corrected chi connectivity index (χ1v) is 3.23. The minimum absolute atomic E-state index is 0. The lowest BCUT2D eigenvalue weighted by Crippen LogP contribution is -2.14. The van der Waals surface area contributed by atoms with Crippen molar-refractivity contribution in [2.75, 3.05) is 6.61 Å². The third-order valence-corrected chi connectivity index (χ3v) is 1.84. The fourth-order valence-corrected chi connectivity index (χ4v) is 1.11. The second-order valence-corrected chi connectivity index (χ2v) is 2.60. The molecule has 0 radical (unpaired) electrons. The monoisotopic (exact) mass is 126 g/mol. The van der Waals surface area contributed by atoms with E-state index in [1.54, 1.807) is 0 Å². The Bertz CT molecular complexity index is 123. The van der Waals surface area contributed by atoms with Gasteiger partial charge in [-0.25, -0.2) is 0 Å². The molecule has 2 rings (SSSR count). The van der Waals surface area contributed by atoms with Gasteiger partial charge in [0.15, 0.2) is 0 Å². The molecule has 1 aliphatic heterocycles. The van der Waals surface area contributed by atoms with Crippen molar-refractivity contribution in [3.05, 3.63) is 12.2 Å². The van der Waals surface area contributed by atoms with Gasteiger partial charge in [-0.15, -0.1) is 0 Å². The molecule has 52 valence electrons. The minimum atomic E-state index is 0. The topological polar surface area (TPSA) is 9.23 Å². The number of hydrogen-bond acceptors (Lipinski definition) is 1. The summed E-state index contributed by atoms with van der Waals surface area (Å²) in [5.41, 5.74) is 0.248. The van der Waals surface area contributed by atoms with Crippen LogP contribution in [0.25, 0.3) is 0 Å². The Balaban J connectivity index is 0.000000405. The number of ether oxygens (including phenoxy) is 1. The third kappa shape index (κ3) is 1.16. The molecule has 9 heavy (non-hydrogen) atoms. The second-order valence-electron chi connectivity index (χ2n) is 2.60. The van der Waals surface area contributed by atoms with Crippen molar-refractivity contribution in [2.45, 2.75) is 32.3 Å². The molecule has 1 heterocycles. The molecule has 0 saturated heterocycles. The van der Waals surface area contributed by atoms with E-state index in [4.69, 9.17) is 4.74 Å². The van der Waals surface area contributed by atoms with Gasteiger partial charge in [0, 0.05) is 0 Å². The Morgan fingerprint density at radius 2 is 2.11 bits per heavy atom. The quantitative estimate of drug-likeness (QED) is 0.452. The molecule has 2 aliphatic rings. The van der Waals surface area contributed by atoms with E-state index < -0.39 is 0 Å². The van der Waals surface area contributed by atoms with Gasteiger partial charge in [0.25, 0.3) is 0 Å². The van der Waals surface area contributed by atoms with Crippen LogP contribution in [0.5, 0.6) is 0 Å². The molecule has 1 fully saturated rings. The van der Waals surface area contributed by atoms with E-state index in [-0.39, 0.29) is 13.0 Å². The van der Waals surface area contributed by atoms with Crippen LogP contribution in [0.4, 0.5) is 0 Å². The molecule has 1 heteroatoms. The summed E-state index contributed by atoms with van der Waals surface area (Å²) in [7, 11) is 0. The standard InChI is InChI=1S/C7H10O.CH4/c1-2-6-8-7(3-1)4-5-7;/h1,3H,2,4-6H2;1H4. The van der Waals surface area contributed by atoms with Crippen molar-refractivity contribution >= 4 is 0 Å². The van der Waals surface area contributed by atoms with Crippen molar-refractivity contribution in [2.24, 2.45) is 0 Å². The molecule has 1 aliphatic carbocycles. The minimum Gasteiger partial charge on any atom is -0.371 e. The summed E-state index contributed by atoms with van der Waals surface area (Å²) < 4.78 is 5.49. The summed E-state index contributed by atoms with van der Waals surface area (Å²) in [4.78, 5) is 0. The summed E-state index contributed by atoms with van der Waals surface area (Å²) in [5, 5.41) is 0. The highest BCUT2D eigenvalue weighted by Crippen LogP contribution is 2.42. The lowest BCUT2D eigenvalue weighted by atomic mass is 10.2. The Morgan fingerprint density at radius 1 is 1.33 bits per heavy atom. The highest BCUT2D eigenvalue weighted by atomic mass is 16.5. The summed E-state index contributed by atoms with van der Waals surface area (Å²) in [5.74, 6) is 0. The first-order chi connectivity index (χ1) is 3.91. The summed E-state index contributed by atoms with van der Waals surface area (Å²) >= 11 is 0. The van der Waals surface area contributed by atoms with Crippen molar-refractivity contribution in [3.63, 3.8) is 0 Å². The van der Waals surface area contributed by atoms with Gasteiger partial charge < -0.3 is 4.74 Å². The first kappa shape index (κ1) is 6.81. The zero-order chi connectivity index (χ0) is 5.45. The fraction of sp³-hybridized carbons (Fsp3) is 0.750. The Labute approximate surface area is 56.7 Å². The first-order valence-electron chi connectivity index (χ1n) is 3.23. The smallest absolute Gasteiger partial charge is 0.0865 e. The zero-order valence-corrected chi connectivity index (χ0v) is 4.89. The van der Waals surface area contributed by atoms with Crippen LogP contribution in [0.15, 0.2) is 12.2 Å². The van der Waals surface area contributed by atoms with Gasteiger partial charge in [0.05, 0.1) is 12.2 Å². The molecule has 0 unspecified atom stereocenters. The molecule has 0 N–H and O–H groups in total. The molecule has 0 amide bonds.